The summed E-state index contributed by atoms with van der Waals surface area (Å²) in [7, 11) is 1.78. The number of nitrogens with one attached hydrogen (secondary N) is 2. The van der Waals surface area contributed by atoms with Crippen molar-refractivity contribution in [2.45, 2.75) is 18.6 Å². The van der Waals surface area contributed by atoms with Gasteiger partial charge in [0.2, 0.25) is 0 Å². The third-order valence-electron chi connectivity index (χ3n) is 2.48. The van der Waals surface area contributed by atoms with Crippen molar-refractivity contribution in [3.05, 3.63) is 23.9 Å². The summed E-state index contributed by atoms with van der Waals surface area (Å²) in [6, 6.07) is 5.36. The molecule has 0 aliphatic rings. The highest BCUT2D eigenvalue weighted by Gasteiger charge is 2.07. The lowest BCUT2D eigenvalue weighted by Gasteiger charge is -2.09. The molecule has 1 aromatic heterocycles. The van der Waals surface area contributed by atoms with Crippen molar-refractivity contribution < 1.29 is 4.79 Å². The minimum absolute atomic E-state index is 0.115. The van der Waals surface area contributed by atoms with Gasteiger partial charge in [-0.15, -0.1) is 0 Å². The molecule has 0 saturated heterocycles. The predicted octanol–water partition coefficient (Wildman–Crippen LogP) is 1.99. The maximum absolute atomic E-state index is 11.8. The lowest BCUT2D eigenvalue weighted by atomic mass is 10.3. The van der Waals surface area contributed by atoms with Gasteiger partial charge >= 0.3 is 0 Å². The average molecular weight is 253 g/mol. The van der Waals surface area contributed by atoms with Crippen LogP contribution in [0, 0.1) is 0 Å². The summed E-state index contributed by atoms with van der Waals surface area (Å²) in [6.45, 7) is 2.84. The summed E-state index contributed by atoms with van der Waals surface area (Å²) in [4.78, 5) is 16.0. The van der Waals surface area contributed by atoms with E-state index in [4.69, 9.17) is 0 Å². The van der Waals surface area contributed by atoms with Gasteiger partial charge in [0.15, 0.2) is 0 Å². The van der Waals surface area contributed by atoms with Gasteiger partial charge in [-0.1, -0.05) is 13.0 Å². The highest BCUT2D eigenvalue weighted by atomic mass is 32.2. The molecule has 0 fully saturated rings. The number of carbonyl (C=O) groups is 1. The molecule has 0 spiro atoms. The van der Waals surface area contributed by atoms with Crippen molar-refractivity contribution in [1.82, 2.24) is 10.3 Å². The summed E-state index contributed by atoms with van der Waals surface area (Å²) in [5, 5.41) is 6.35. The second-order valence-electron chi connectivity index (χ2n) is 3.75. The first-order valence-electron chi connectivity index (χ1n) is 5.63. The zero-order chi connectivity index (χ0) is 12.7. The Morgan fingerprint density at radius 3 is 2.94 bits per heavy atom. The molecule has 0 aromatic carbocycles. The van der Waals surface area contributed by atoms with Crippen LogP contribution in [0.4, 0.5) is 5.82 Å². The van der Waals surface area contributed by atoms with Gasteiger partial charge in [-0.3, -0.25) is 4.79 Å². The maximum atomic E-state index is 11.8. The van der Waals surface area contributed by atoms with E-state index in [0.717, 1.165) is 6.42 Å². The van der Waals surface area contributed by atoms with Gasteiger partial charge in [0.25, 0.3) is 5.91 Å². The Kier molecular flexibility index (Phi) is 5.83. The smallest absolute Gasteiger partial charge is 0.269 e. The molecule has 0 bridgehead atoms. The molecule has 0 radical (unpaired) electrons. The van der Waals surface area contributed by atoms with E-state index in [1.165, 1.54) is 0 Å². The highest BCUT2D eigenvalue weighted by molar-refractivity contribution is 7.99. The van der Waals surface area contributed by atoms with Crippen LogP contribution in [0.3, 0.4) is 0 Å². The minimum atomic E-state index is -0.115. The quantitative estimate of drug-likeness (QED) is 0.814. The summed E-state index contributed by atoms with van der Waals surface area (Å²) in [5.41, 5.74) is 0.452. The highest BCUT2D eigenvalue weighted by Crippen LogP contribution is 2.08. The second-order valence-corrected chi connectivity index (χ2v) is 5.03. The molecule has 1 heterocycles. The van der Waals surface area contributed by atoms with E-state index in [0.29, 0.717) is 23.3 Å². The molecule has 17 heavy (non-hydrogen) atoms. The fourth-order valence-electron chi connectivity index (χ4n) is 1.30. The van der Waals surface area contributed by atoms with Crippen molar-refractivity contribution in [3.8, 4) is 0 Å². The number of hydrogen-bond acceptors (Lipinski definition) is 4. The number of rotatable bonds is 6. The van der Waals surface area contributed by atoms with Crippen molar-refractivity contribution >= 4 is 23.5 Å². The molecule has 4 nitrogen and oxygen atoms in total. The topological polar surface area (TPSA) is 54.0 Å². The first-order chi connectivity index (χ1) is 8.17. The largest absolute Gasteiger partial charge is 0.373 e. The molecule has 2 N–H and O–H groups in total. The predicted molar refractivity (Wildman–Crippen MR) is 73.7 cm³/mol. The van der Waals surface area contributed by atoms with Crippen LogP contribution < -0.4 is 10.6 Å². The van der Waals surface area contributed by atoms with Crippen LogP contribution in [-0.2, 0) is 0 Å². The van der Waals surface area contributed by atoms with Crippen molar-refractivity contribution in [2.24, 2.45) is 0 Å². The van der Waals surface area contributed by atoms with Gasteiger partial charge in [0.05, 0.1) is 0 Å². The number of hydrogen-bond donors (Lipinski definition) is 2. The molecule has 1 rings (SSSR count). The third-order valence-corrected chi connectivity index (χ3v) is 3.52. The van der Waals surface area contributed by atoms with Crippen LogP contribution in [0.25, 0.3) is 0 Å². The zero-order valence-corrected chi connectivity index (χ0v) is 11.3. The summed E-state index contributed by atoms with van der Waals surface area (Å²) in [5.74, 6) is 0.588. The Morgan fingerprint density at radius 1 is 1.53 bits per heavy atom. The molecule has 1 aromatic rings. The van der Waals surface area contributed by atoms with E-state index >= 15 is 0 Å². The van der Waals surface area contributed by atoms with Crippen LogP contribution in [-0.4, -0.2) is 36.0 Å². The Labute approximate surface area is 107 Å². The fraction of sp³-hybridized carbons (Fsp3) is 0.500. The molecule has 1 atom stereocenters. The monoisotopic (exact) mass is 253 g/mol. The molecule has 1 amide bonds. The van der Waals surface area contributed by atoms with Gasteiger partial charge < -0.3 is 10.6 Å². The number of amides is 1. The maximum Gasteiger partial charge on any atom is 0.269 e. The molecular weight excluding hydrogens is 234 g/mol. The molecule has 1 unspecified atom stereocenters. The van der Waals surface area contributed by atoms with Gasteiger partial charge in [-0.05, 0) is 24.8 Å². The summed E-state index contributed by atoms with van der Waals surface area (Å²) in [6.07, 6.45) is 3.04. The summed E-state index contributed by atoms with van der Waals surface area (Å²) < 4.78 is 0. The van der Waals surface area contributed by atoms with Crippen LogP contribution in [0.15, 0.2) is 18.2 Å². The molecule has 5 heteroatoms. The Morgan fingerprint density at radius 2 is 2.29 bits per heavy atom. The van der Waals surface area contributed by atoms with Crippen molar-refractivity contribution in [3.63, 3.8) is 0 Å². The number of anilines is 1. The number of nitrogens with zero attached hydrogens (tertiary/aromatic N) is 1. The van der Waals surface area contributed by atoms with Gasteiger partial charge in [0, 0.05) is 18.8 Å². The number of pyridine rings is 1. The SMILES string of the molecule is CNc1cccc(C(=O)NCCC(C)SC)n1. The molecule has 0 saturated carbocycles. The second kappa shape index (κ2) is 7.17. The minimum Gasteiger partial charge on any atom is -0.373 e. The Balaban J connectivity index is 2.46. The van der Waals surface area contributed by atoms with Crippen molar-refractivity contribution in [2.75, 3.05) is 25.2 Å². The van der Waals surface area contributed by atoms with E-state index in [9.17, 15) is 4.79 Å². The number of thioether (sulfide) groups is 1. The normalized spacial score (nSPS) is 11.9. The van der Waals surface area contributed by atoms with Gasteiger partial charge in [-0.25, -0.2) is 4.98 Å². The van der Waals surface area contributed by atoms with Crippen LogP contribution in [0.1, 0.15) is 23.8 Å². The standard InChI is InChI=1S/C12H19N3OS/c1-9(17-3)7-8-14-12(16)10-5-4-6-11(13-2)15-10/h4-6,9H,7-8H2,1-3H3,(H,13,15)(H,14,16). The van der Waals surface area contributed by atoms with E-state index < -0.39 is 0 Å². The van der Waals surface area contributed by atoms with E-state index in [2.05, 4.69) is 28.8 Å². The van der Waals surface area contributed by atoms with E-state index in [1.807, 2.05) is 12.1 Å². The van der Waals surface area contributed by atoms with E-state index in [-0.39, 0.29) is 5.91 Å². The van der Waals surface area contributed by atoms with Crippen LogP contribution >= 0.6 is 11.8 Å². The average Bonchev–Trinajstić information content (AvgIpc) is 2.38. The summed E-state index contributed by atoms with van der Waals surface area (Å²) >= 11 is 1.80. The third kappa shape index (κ3) is 4.65. The molecule has 94 valence electrons. The van der Waals surface area contributed by atoms with E-state index in [1.54, 1.807) is 24.9 Å². The molecular formula is C12H19N3OS. The van der Waals surface area contributed by atoms with Gasteiger partial charge in [-0.2, -0.15) is 11.8 Å². The fourth-order valence-corrected chi connectivity index (χ4v) is 1.65. The first-order valence-corrected chi connectivity index (χ1v) is 6.92. The Bertz CT molecular complexity index is 371. The number of carbonyl (C=O) groups excluding carboxylic acids is 1. The van der Waals surface area contributed by atoms with Crippen LogP contribution in [0.2, 0.25) is 0 Å². The lowest BCUT2D eigenvalue weighted by molar-refractivity contribution is 0.0948. The Hall–Kier alpha value is -1.23. The van der Waals surface area contributed by atoms with Crippen molar-refractivity contribution in [1.29, 1.82) is 0 Å². The molecule has 0 aliphatic carbocycles. The molecule has 0 aliphatic heterocycles. The first kappa shape index (κ1) is 13.8. The van der Waals surface area contributed by atoms with Crippen LogP contribution in [0.5, 0.6) is 0 Å². The zero-order valence-electron chi connectivity index (χ0n) is 10.5. The number of aromatic nitrogens is 1. The lowest BCUT2D eigenvalue weighted by Crippen LogP contribution is -2.26. The van der Waals surface area contributed by atoms with Gasteiger partial charge in [0.1, 0.15) is 11.5 Å².